The highest BCUT2D eigenvalue weighted by Gasteiger charge is 2.51. The van der Waals surface area contributed by atoms with Gasteiger partial charge in [-0.2, -0.15) is 0 Å². The third-order valence-electron chi connectivity index (χ3n) is 5.49. The van der Waals surface area contributed by atoms with Gasteiger partial charge in [0, 0.05) is 12.0 Å². The van der Waals surface area contributed by atoms with Crippen LogP contribution in [0.2, 0.25) is 0 Å². The summed E-state index contributed by atoms with van der Waals surface area (Å²) in [5.41, 5.74) is 0.0405. The number of aromatic nitrogens is 3. The van der Waals surface area contributed by atoms with Gasteiger partial charge < -0.3 is 5.32 Å². The Morgan fingerprint density at radius 1 is 1.25 bits per heavy atom. The normalized spacial score (nSPS) is 38.1. The highest BCUT2D eigenvalue weighted by Crippen LogP contribution is 2.55. The molecule has 5 nitrogen and oxygen atoms in total. The first-order valence-corrected chi connectivity index (χ1v) is 7.89. The van der Waals surface area contributed by atoms with Crippen LogP contribution in [0.4, 0.5) is 0 Å². The zero-order valence-corrected chi connectivity index (χ0v) is 12.0. The Balaban J connectivity index is 1.52. The number of nitrogens with zero attached hydrogens (tertiary/aromatic N) is 2. The molecule has 4 fully saturated rings. The van der Waals surface area contributed by atoms with Crippen molar-refractivity contribution in [1.82, 2.24) is 20.5 Å². The lowest BCUT2D eigenvalue weighted by Gasteiger charge is -2.56. The van der Waals surface area contributed by atoms with Crippen molar-refractivity contribution < 1.29 is 4.79 Å². The molecule has 1 aromatic rings. The van der Waals surface area contributed by atoms with Crippen LogP contribution in [0, 0.1) is 17.8 Å². The Bertz CT molecular complexity index is 500. The second-order valence-electron chi connectivity index (χ2n) is 7.11. The number of carbonyl (C=O) groups is 1. The Kier molecular flexibility index (Phi) is 2.66. The Labute approximate surface area is 118 Å². The van der Waals surface area contributed by atoms with Crippen molar-refractivity contribution >= 4 is 5.91 Å². The molecule has 1 aromatic heterocycles. The number of aryl methyl sites for hydroxylation is 1. The van der Waals surface area contributed by atoms with Crippen molar-refractivity contribution in [2.45, 2.75) is 57.4 Å². The van der Waals surface area contributed by atoms with Crippen LogP contribution in [0.15, 0.2) is 0 Å². The van der Waals surface area contributed by atoms with Crippen LogP contribution in [-0.4, -0.2) is 26.6 Å². The van der Waals surface area contributed by atoms with Gasteiger partial charge in [-0.15, -0.1) is 5.10 Å². The predicted molar refractivity (Wildman–Crippen MR) is 74.1 cm³/mol. The van der Waals surface area contributed by atoms with Gasteiger partial charge in [0.25, 0.3) is 5.91 Å². The summed E-state index contributed by atoms with van der Waals surface area (Å²) in [6.07, 6.45) is 8.42. The Hall–Kier alpha value is -1.39. The lowest BCUT2D eigenvalue weighted by atomic mass is 9.53. The fraction of sp³-hybridized carbons (Fsp3) is 0.800. The summed E-state index contributed by atoms with van der Waals surface area (Å²) in [7, 11) is 0. The van der Waals surface area contributed by atoms with E-state index in [4.69, 9.17) is 0 Å². The largest absolute Gasteiger partial charge is 0.344 e. The number of nitrogens with one attached hydrogen (secondary N) is 2. The van der Waals surface area contributed by atoms with E-state index in [1.807, 2.05) is 6.92 Å². The van der Waals surface area contributed by atoms with Crippen molar-refractivity contribution in [3.8, 4) is 0 Å². The van der Waals surface area contributed by atoms with Crippen LogP contribution in [0.25, 0.3) is 0 Å². The number of amides is 1. The van der Waals surface area contributed by atoms with E-state index < -0.39 is 0 Å². The molecule has 4 bridgehead atoms. The lowest BCUT2D eigenvalue weighted by Crippen LogP contribution is -2.59. The molecule has 0 spiro atoms. The molecule has 2 N–H and O–H groups in total. The maximum Gasteiger partial charge on any atom is 0.291 e. The van der Waals surface area contributed by atoms with E-state index in [1.165, 1.54) is 19.3 Å². The SMILES string of the molecule is CCc1nc(C(=O)NC23CC4CC(CC(C4)C2)C3)n[nH]1. The number of carbonyl (C=O) groups excluding carboxylic acids is 1. The number of rotatable bonds is 3. The highest BCUT2D eigenvalue weighted by atomic mass is 16.2. The topological polar surface area (TPSA) is 70.7 Å². The summed E-state index contributed by atoms with van der Waals surface area (Å²) in [5.74, 6) is 3.49. The number of aromatic amines is 1. The van der Waals surface area contributed by atoms with E-state index in [9.17, 15) is 4.79 Å². The maximum absolute atomic E-state index is 12.4. The average molecular weight is 274 g/mol. The molecule has 108 valence electrons. The van der Waals surface area contributed by atoms with Gasteiger partial charge in [0.2, 0.25) is 5.82 Å². The van der Waals surface area contributed by atoms with Gasteiger partial charge >= 0.3 is 0 Å². The minimum Gasteiger partial charge on any atom is -0.344 e. The Morgan fingerprint density at radius 2 is 1.85 bits per heavy atom. The number of H-pyrrole nitrogens is 1. The molecule has 1 amide bonds. The van der Waals surface area contributed by atoms with E-state index in [-0.39, 0.29) is 11.4 Å². The third kappa shape index (κ3) is 1.95. The van der Waals surface area contributed by atoms with Crippen molar-refractivity contribution in [3.05, 3.63) is 11.6 Å². The van der Waals surface area contributed by atoms with Crippen LogP contribution >= 0.6 is 0 Å². The molecule has 0 unspecified atom stereocenters. The molecule has 4 aliphatic carbocycles. The van der Waals surface area contributed by atoms with Gasteiger partial charge in [0.05, 0.1) is 0 Å². The zero-order valence-electron chi connectivity index (χ0n) is 12.0. The van der Waals surface area contributed by atoms with E-state index in [1.54, 1.807) is 0 Å². The fourth-order valence-electron chi connectivity index (χ4n) is 5.12. The molecule has 5 rings (SSSR count). The van der Waals surface area contributed by atoms with Gasteiger partial charge in [-0.25, -0.2) is 4.98 Å². The van der Waals surface area contributed by atoms with Crippen molar-refractivity contribution in [3.63, 3.8) is 0 Å². The first-order valence-electron chi connectivity index (χ1n) is 7.89. The maximum atomic E-state index is 12.4. The Morgan fingerprint density at radius 3 is 2.35 bits per heavy atom. The molecule has 0 radical (unpaired) electrons. The lowest BCUT2D eigenvalue weighted by molar-refractivity contribution is -0.0168. The summed E-state index contributed by atoms with van der Waals surface area (Å²) in [6, 6.07) is 0. The second-order valence-corrected chi connectivity index (χ2v) is 7.11. The minimum atomic E-state index is -0.0945. The van der Waals surface area contributed by atoms with E-state index in [2.05, 4.69) is 20.5 Å². The monoisotopic (exact) mass is 274 g/mol. The third-order valence-corrected chi connectivity index (χ3v) is 5.49. The van der Waals surface area contributed by atoms with Crippen LogP contribution in [0.1, 0.15) is 61.9 Å². The molecule has 5 heteroatoms. The molecule has 0 aliphatic heterocycles. The minimum absolute atomic E-state index is 0.0405. The summed E-state index contributed by atoms with van der Waals surface area (Å²) in [6.45, 7) is 2.00. The highest BCUT2D eigenvalue weighted by molar-refractivity contribution is 5.90. The number of hydrogen-bond donors (Lipinski definition) is 2. The average Bonchev–Trinajstić information content (AvgIpc) is 2.85. The van der Waals surface area contributed by atoms with Crippen LogP contribution in [0.3, 0.4) is 0 Å². The quantitative estimate of drug-likeness (QED) is 0.886. The van der Waals surface area contributed by atoms with Gasteiger partial charge in [-0.05, 0) is 56.3 Å². The van der Waals surface area contributed by atoms with Crippen LogP contribution in [-0.2, 0) is 6.42 Å². The second kappa shape index (κ2) is 4.30. The van der Waals surface area contributed by atoms with Crippen LogP contribution in [0.5, 0.6) is 0 Å². The fourth-order valence-corrected chi connectivity index (χ4v) is 5.12. The molecular formula is C15H22N4O. The van der Waals surface area contributed by atoms with Crippen molar-refractivity contribution in [2.75, 3.05) is 0 Å². The molecule has 20 heavy (non-hydrogen) atoms. The summed E-state index contributed by atoms with van der Waals surface area (Å²) >= 11 is 0. The smallest absolute Gasteiger partial charge is 0.291 e. The zero-order chi connectivity index (χ0) is 13.7. The molecule has 4 saturated carbocycles. The van der Waals surface area contributed by atoms with E-state index in [0.29, 0.717) is 5.82 Å². The van der Waals surface area contributed by atoms with Gasteiger partial charge in [-0.3, -0.25) is 9.89 Å². The predicted octanol–water partition coefficient (Wildman–Crippen LogP) is 2.07. The summed E-state index contributed by atoms with van der Waals surface area (Å²) < 4.78 is 0. The number of hydrogen-bond acceptors (Lipinski definition) is 3. The van der Waals surface area contributed by atoms with Crippen LogP contribution < -0.4 is 5.32 Å². The van der Waals surface area contributed by atoms with Gasteiger partial charge in [0.1, 0.15) is 5.82 Å². The van der Waals surface area contributed by atoms with E-state index >= 15 is 0 Å². The molecular weight excluding hydrogens is 252 g/mol. The summed E-state index contributed by atoms with van der Waals surface area (Å²) in [5, 5.41) is 10.2. The molecule has 0 saturated heterocycles. The molecule has 0 atom stereocenters. The summed E-state index contributed by atoms with van der Waals surface area (Å²) in [4.78, 5) is 16.7. The van der Waals surface area contributed by atoms with Gasteiger partial charge in [0.15, 0.2) is 0 Å². The van der Waals surface area contributed by atoms with Gasteiger partial charge in [-0.1, -0.05) is 6.92 Å². The molecule has 1 heterocycles. The van der Waals surface area contributed by atoms with E-state index in [0.717, 1.165) is 49.3 Å². The van der Waals surface area contributed by atoms with Crippen molar-refractivity contribution in [1.29, 1.82) is 0 Å². The first kappa shape index (κ1) is 12.4. The van der Waals surface area contributed by atoms with Crippen molar-refractivity contribution in [2.24, 2.45) is 17.8 Å². The standard InChI is InChI=1S/C15H22N4O/c1-2-12-16-13(19-18-12)14(20)17-15-6-9-3-10(7-15)5-11(4-9)8-15/h9-11H,2-8H2,1H3,(H,17,20)(H,16,18,19). The first-order chi connectivity index (χ1) is 9.66. The molecule has 0 aromatic carbocycles. The molecule has 4 aliphatic rings.